The molecule has 0 radical (unpaired) electrons. The summed E-state index contributed by atoms with van der Waals surface area (Å²) in [5.41, 5.74) is 2.64. The zero-order valence-electron chi connectivity index (χ0n) is 17.7. The maximum absolute atomic E-state index is 13.1. The summed E-state index contributed by atoms with van der Waals surface area (Å²) < 4.78 is 8.38. The van der Waals surface area contributed by atoms with E-state index in [1.807, 2.05) is 42.5 Å². The molecule has 4 heterocycles. The van der Waals surface area contributed by atoms with E-state index in [0.29, 0.717) is 27.7 Å². The Morgan fingerprint density at radius 1 is 1.12 bits per heavy atom. The zero-order chi connectivity index (χ0) is 22.1. The van der Waals surface area contributed by atoms with Gasteiger partial charge in [-0.25, -0.2) is 9.97 Å². The highest BCUT2D eigenvalue weighted by Crippen LogP contribution is 2.31. The number of piperidine rings is 1. The van der Waals surface area contributed by atoms with Gasteiger partial charge in [0.15, 0.2) is 0 Å². The minimum Gasteiger partial charge on any atom is -0.474 e. The predicted octanol–water partition coefficient (Wildman–Crippen LogP) is 4.69. The van der Waals surface area contributed by atoms with Crippen LogP contribution in [0.4, 0.5) is 0 Å². The van der Waals surface area contributed by atoms with Crippen molar-refractivity contribution in [3.8, 4) is 16.3 Å². The van der Waals surface area contributed by atoms with Gasteiger partial charge in [-0.2, -0.15) is 0 Å². The topological polar surface area (TPSA) is 60.2 Å². The summed E-state index contributed by atoms with van der Waals surface area (Å²) in [5.74, 6) is 0.611. The number of likely N-dealkylation sites (tertiary alicyclic amines) is 1. The fourth-order valence-corrected chi connectivity index (χ4v) is 5.09. The molecule has 5 rings (SSSR count). The highest BCUT2D eigenvalue weighted by molar-refractivity contribution is 7.22. The number of benzene rings is 1. The van der Waals surface area contributed by atoms with Crippen LogP contribution in [-0.4, -0.2) is 45.7 Å². The van der Waals surface area contributed by atoms with Gasteiger partial charge in [0, 0.05) is 35.3 Å². The van der Waals surface area contributed by atoms with Crippen molar-refractivity contribution in [3.63, 3.8) is 0 Å². The van der Waals surface area contributed by atoms with Crippen molar-refractivity contribution in [1.82, 2.24) is 19.4 Å². The Kier molecular flexibility index (Phi) is 5.95. The largest absolute Gasteiger partial charge is 0.474 e. The molecule has 32 heavy (non-hydrogen) atoms. The van der Waals surface area contributed by atoms with Crippen LogP contribution in [0.25, 0.3) is 20.7 Å². The molecular formula is C24H23ClN4O2S. The molecule has 0 bridgehead atoms. The molecule has 0 spiro atoms. The molecule has 0 amide bonds. The minimum atomic E-state index is -0.0465. The van der Waals surface area contributed by atoms with E-state index >= 15 is 0 Å². The quantitative estimate of drug-likeness (QED) is 0.427. The van der Waals surface area contributed by atoms with Crippen molar-refractivity contribution in [2.45, 2.75) is 25.5 Å². The van der Waals surface area contributed by atoms with E-state index < -0.39 is 0 Å². The number of hydrogen-bond donors (Lipinski definition) is 0. The van der Waals surface area contributed by atoms with Crippen LogP contribution in [0.2, 0.25) is 5.02 Å². The number of nitrogens with zero attached hydrogens (tertiary/aromatic N) is 4. The third kappa shape index (κ3) is 4.55. The monoisotopic (exact) mass is 466 g/mol. The molecule has 0 N–H and O–H groups in total. The summed E-state index contributed by atoms with van der Waals surface area (Å²) in [5, 5.41) is 0.687. The number of thiophene rings is 1. The lowest BCUT2D eigenvalue weighted by atomic mass is 10.1. The van der Waals surface area contributed by atoms with E-state index in [1.54, 1.807) is 17.1 Å². The van der Waals surface area contributed by atoms with Gasteiger partial charge in [0.1, 0.15) is 10.8 Å². The summed E-state index contributed by atoms with van der Waals surface area (Å²) in [7, 11) is 2.13. The molecular weight excluding hydrogens is 444 g/mol. The summed E-state index contributed by atoms with van der Waals surface area (Å²) >= 11 is 7.45. The van der Waals surface area contributed by atoms with Crippen LogP contribution in [0.15, 0.2) is 59.8 Å². The molecule has 0 atom stereocenters. The fraction of sp³-hybridized carbons (Fsp3) is 0.292. The fourth-order valence-electron chi connectivity index (χ4n) is 3.90. The van der Waals surface area contributed by atoms with Crippen LogP contribution in [-0.2, 0) is 6.54 Å². The van der Waals surface area contributed by atoms with Gasteiger partial charge in [-0.15, -0.1) is 11.3 Å². The average molecular weight is 467 g/mol. The Balaban J connectivity index is 1.36. The number of rotatable bonds is 5. The molecule has 1 fully saturated rings. The number of ether oxygens (including phenoxy) is 1. The van der Waals surface area contributed by atoms with Gasteiger partial charge >= 0.3 is 0 Å². The predicted molar refractivity (Wildman–Crippen MR) is 129 cm³/mol. The van der Waals surface area contributed by atoms with Gasteiger partial charge in [-0.05, 0) is 55.3 Å². The van der Waals surface area contributed by atoms with Crippen LogP contribution >= 0.6 is 22.9 Å². The van der Waals surface area contributed by atoms with E-state index in [0.717, 1.165) is 41.9 Å². The van der Waals surface area contributed by atoms with Crippen molar-refractivity contribution >= 4 is 33.2 Å². The van der Waals surface area contributed by atoms with Gasteiger partial charge < -0.3 is 9.64 Å². The van der Waals surface area contributed by atoms with Crippen molar-refractivity contribution in [2.24, 2.45) is 0 Å². The van der Waals surface area contributed by atoms with Gasteiger partial charge in [-0.1, -0.05) is 23.7 Å². The van der Waals surface area contributed by atoms with Crippen LogP contribution in [0.3, 0.4) is 0 Å². The van der Waals surface area contributed by atoms with Gasteiger partial charge in [0.2, 0.25) is 5.88 Å². The smallest absolute Gasteiger partial charge is 0.271 e. The maximum atomic E-state index is 13.1. The third-order valence-electron chi connectivity index (χ3n) is 5.74. The minimum absolute atomic E-state index is 0.0465. The molecule has 1 saturated heterocycles. The van der Waals surface area contributed by atoms with Crippen molar-refractivity contribution in [3.05, 3.63) is 75.9 Å². The van der Waals surface area contributed by atoms with Crippen LogP contribution in [0, 0.1) is 0 Å². The Bertz CT molecular complexity index is 1290. The normalized spacial score (nSPS) is 15.3. The summed E-state index contributed by atoms with van der Waals surface area (Å²) in [6, 6.07) is 13.4. The lowest BCUT2D eigenvalue weighted by Crippen LogP contribution is -2.35. The highest BCUT2D eigenvalue weighted by Gasteiger charge is 2.18. The molecule has 0 aliphatic carbocycles. The second kappa shape index (κ2) is 9.02. The molecule has 8 heteroatoms. The average Bonchev–Trinajstić information content (AvgIpc) is 3.23. The Morgan fingerprint density at radius 2 is 1.91 bits per heavy atom. The van der Waals surface area contributed by atoms with Crippen LogP contribution in [0.1, 0.15) is 18.4 Å². The number of pyridine rings is 1. The molecule has 0 saturated carbocycles. The Hall–Kier alpha value is -2.74. The number of fused-ring (bicyclic) bond motifs is 1. The molecule has 3 aromatic heterocycles. The molecule has 6 nitrogen and oxygen atoms in total. The van der Waals surface area contributed by atoms with Crippen molar-refractivity contribution in [2.75, 3.05) is 20.1 Å². The Morgan fingerprint density at radius 3 is 2.69 bits per heavy atom. The van der Waals surface area contributed by atoms with Gasteiger partial charge in [-0.3, -0.25) is 9.36 Å². The molecule has 4 aromatic rings. The first-order valence-corrected chi connectivity index (χ1v) is 11.8. The summed E-state index contributed by atoms with van der Waals surface area (Å²) in [6.07, 6.45) is 5.53. The zero-order valence-corrected chi connectivity index (χ0v) is 19.3. The number of aromatic nitrogens is 3. The first kappa shape index (κ1) is 21.1. The lowest BCUT2D eigenvalue weighted by Gasteiger charge is -2.28. The second-order valence-corrected chi connectivity index (χ2v) is 9.62. The second-order valence-electron chi connectivity index (χ2n) is 8.13. The summed E-state index contributed by atoms with van der Waals surface area (Å²) in [4.78, 5) is 25.3. The molecule has 1 aliphatic heterocycles. The van der Waals surface area contributed by atoms with Crippen LogP contribution in [0.5, 0.6) is 5.88 Å². The van der Waals surface area contributed by atoms with E-state index in [2.05, 4.69) is 21.9 Å². The SMILES string of the molecule is CN1CCC(Oc2cc(Cn3cnc4cc(-c5ccc(Cl)cc5)sc4c3=O)ccn2)CC1. The van der Waals surface area contributed by atoms with Crippen molar-refractivity contribution in [1.29, 1.82) is 0 Å². The summed E-state index contributed by atoms with van der Waals surface area (Å²) in [6.45, 7) is 2.48. The van der Waals surface area contributed by atoms with E-state index in [1.165, 1.54) is 11.3 Å². The first-order chi connectivity index (χ1) is 15.5. The Labute approximate surface area is 195 Å². The van der Waals surface area contributed by atoms with E-state index in [-0.39, 0.29) is 11.7 Å². The molecule has 164 valence electrons. The van der Waals surface area contributed by atoms with Gasteiger partial charge in [0.25, 0.3) is 5.56 Å². The molecule has 1 aromatic carbocycles. The first-order valence-electron chi connectivity index (χ1n) is 10.6. The molecule has 1 aliphatic rings. The maximum Gasteiger partial charge on any atom is 0.271 e. The van der Waals surface area contributed by atoms with E-state index in [9.17, 15) is 4.79 Å². The van der Waals surface area contributed by atoms with Crippen LogP contribution < -0.4 is 10.3 Å². The lowest BCUT2D eigenvalue weighted by molar-refractivity contribution is 0.110. The third-order valence-corrected chi connectivity index (χ3v) is 7.15. The van der Waals surface area contributed by atoms with Crippen molar-refractivity contribution < 1.29 is 4.74 Å². The van der Waals surface area contributed by atoms with E-state index in [4.69, 9.17) is 16.3 Å². The van der Waals surface area contributed by atoms with Gasteiger partial charge in [0.05, 0.1) is 18.4 Å². The molecule has 0 unspecified atom stereocenters. The highest BCUT2D eigenvalue weighted by atomic mass is 35.5. The number of halogens is 1. The number of hydrogen-bond acceptors (Lipinski definition) is 6. The standard InChI is InChI=1S/C24H23ClN4O2S/c1-28-10-7-19(8-11-28)31-22-12-16(6-9-26-22)14-29-15-27-20-13-21(32-23(20)24(29)30)17-2-4-18(25)5-3-17/h2-6,9,12-13,15,19H,7-8,10-11,14H2,1H3.